The quantitative estimate of drug-likeness (QED) is 0.202. The molecule has 0 aliphatic heterocycles. The van der Waals surface area contributed by atoms with Crippen LogP contribution < -0.4 is 16.0 Å². The summed E-state index contributed by atoms with van der Waals surface area (Å²) < 4.78 is 5.53. The summed E-state index contributed by atoms with van der Waals surface area (Å²) in [4.78, 5) is 16.1. The van der Waals surface area contributed by atoms with E-state index >= 15 is 0 Å². The Bertz CT molecular complexity index is 538. The number of nitrogens with one attached hydrogen (secondary N) is 3. The summed E-state index contributed by atoms with van der Waals surface area (Å²) in [7, 11) is 1.72. The summed E-state index contributed by atoms with van der Waals surface area (Å²) >= 11 is 5.81. The lowest BCUT2D eigenvalue weighted by Gasteiger charge is -2.13. The molecular weight excluding hydrogens is 467 g/mol. The standard InChI is InChI=1S/C18H29ClN4O2.HI/c1-14(2)13-25-12-4-9-22-18(20-3)23-11-10-21-17(24)15-5-7-16(19)8-6-15;/h5-8,14H,4,9-13H2,1-3H3,(H,21,24)(H2,20,22,23);1H. The van der Waals surface area contributed by atoms with Crippen molar-refractivity contribution in [3.8, 4) is 0 Å². The average Bonchev–Trinajstić information content (AvgIpc) is 2.59. The van der Waals surface area contributed by atoms with Crippen molar-refractivity contribution in [3.63, 3.8) is 0 Å². The predicted octanol–water partition coefficient (Wildman–Crippen LogP) is 2.92. The molecule has 0 aliphatic carbocycles. The van der Waals surface area contributed by atoms with Crippen LogP contribution >= 0.6 is 35.6 Å². The number of guanidine groups is 1. The van der Waals surface area contributed by atoms with E-state index in [0.29, 0.717) is 35.6 Å². The summed E-state index contributed by atoms with van der Waals surface area (Å²) in [6.45, 7) is 7.67. The van der Waals surface area contributed by atoms with Crippen molar-refractivity contribution < 1.29 is 9.53 Å². The van der Waals surface area contributed by atoms with Crippen LogP contribution in [0.15, 0.2) is 29.3 Å². The van der Waals surface area contributed by atoms with Gasteiger partial charge in [0.1, 0.15) is 0 Å². The van der Waals surface area contributed by atoms with Crippen molar-refractivity contribution in [2.75, 3.05) is 39.9 Å². The van der Waals surface area contributed by atoms with Crippen molar-refractivity contribution >= 4 is 47.4 Å². The van der Waals surface area contributed by atoms with E-state index in [2.05, 4.69) is 34.8 Å². The molecule has 6 nitrogen and oxygen atoms in total. The molecule has 148 valence electrons. The monoisotopic (exact) mass is 496 g/mol. The lowest BCUT2D eigenvalue weighted by atomic mass is 10.2. The Labute approximate surface area is 178 Å². The predicted molar refractivity (Wildman–Crippen MR) is 119 cm³/mol. The van der Waals surface area contributed by atoms with Crippen molar-refractivity contribution in [3.05, 3.63) is 34.9 Å². The van der Waals surface area contributed by atoms with Crippen LogP contribution in [0, 0.1) is 5.92 Å². The van der Waals surface area contributed by atoms with Gasteiger partial charge in [0.15, 0.2) is 5.96 Å². The molecule has 1 aromatic carbocycles. The highest BCUT2D eigenvalue weighted by Crippen LogP contribution is 2.09. The largest absolute Gasteiger partial charge is 0.381 e. The maximum Gasteiger partial charge on any atom is 0.251 e. The molecule has 3 N–H and O–H groups in total. The van der Waals surface area contributed by atoms with Crippen LogP contribution in [0.5, 0.6) is 0 Å². The van der Waals surface area contributed by atoms with Gasteiger partial charge in [-0.25, -0.2) is 0 Å². The first-order valence-corrected chi connectivity index (χ1v) is 8.96. The van der Waals surface area contributed by atoms with E-state index < -0.39 is 0 Å². The Kier molecular flexibility index (Phi) is 14.4. The molecule has 0 unspecified atom stereocenters. The molecule has 1 amide bonds. The van der Waals surface area contributed by atoms with Crippen molar-refractivity contribution in [2.45, 2.75) is 20.3 Å². The highest BCUT2D eigenvalue weighted by atomic mass is 127. The Morgan fingerprint density at radius 1 is 1.12 bits per heavy atom. The zero-order valence-electron chi connectivity index (χ0n) is 15.7. The normalized spacial score (nSPS) is 11.0. The number of hydrogen-bond acceptors (Lipinski definition) is 3. The van der Waals surface area contributed by atoms with Crippen LogP contribution in [-0.4, -0.2) is 51.8 Å². The Balaban J connectivity index is 0.00000625. The third-order valence-corrected chi connectivity index (χ3v) is 3.49. The molecule has 1 aromatic rings. The third kappa shape index (κ3) is 11.5. The fourth-order valence-corrected chi connectivity index (χ4v) is 2.11. The van der Waals surface area contributed by atoms with Gasteiger partial charge in [-0.1, -0.05) is 25.4 Å². The van der Waals surface area contributed by atoms with E-state index in [1.807, 2.05) is 0 Å². The molecule has 0 atom stereocenters. The molecule has 0 saturated carbocycles. The van der Waals surface area contributed by atoms with Crippen LogP contribution in [0.3, 0.4) is 0 Å². The summed E-state index contributed by atoms with van der Waals surface area (Å²) in [5.74, 6) is 1.15. The van der Waals surface area contributed by atoms with Gasteiger partial charge in [0.05, 0.1) is 0 Å². The van der Waals surface area contributed by atoms with Crippen molar-refractivity contribution in [1.82, 2.24) is 16.0 Å². The molecule has 0 bridgehead atoms. The number of hydrogen-bond donors (Lipinski definition) is 3. The van der Waals surface area contributed by atoms with Gasteiger partial charge in [-0.05, 0) is 36.6 Å². The maximum absolute atomic E-state index is 11.9. The van der Waals surface area contributed by atoms with E-state index in [1.54, 1.807) is 31.3 Å². The summed E-state index contributed by atoms with van der Waals surface area (Å²) in [5, 5.41) is 9.83. The number of rotatable bonds is 10. The number of amides is 1. The van der Waals surface area contributed by atoms with E-state index in [4.69, 9.17) is 16.3 Å². The second-order valence-electron chi connectivity index (χ2n) is 6.01. The van der Waals surface area contributed by atoms with E-state index in [0.717, 1.165) is 26.2 Å². The molecule has 0 heterocycles. The van der Waals surface area contributed by atoms with Gasteiger partial charge in [0, 0.05) is 50.5 Å². The zero-order valence-corrected chi connectivity index (χ0v) is 18.8. The number of nitrogens with zero attached hydrogens (tertiary/aromatic N) is 1. The van der Waals surface area contributed by atoms with Gasteiger partial charge in [-0.2, -0.15) is 0 Å². The smallest absolute Gasteiger partial charge is 0.251 e. The van der Waals surface area contributed by atoms with Gasteiger partial charge >= 0.3 is 0 Å². The molecule has 0 spiro atoms. The lowest BCUT2D eigenvalue weighted by molar-refractivity contribution is 0.0954. The molecule has 0 radical (unpaired) electrons. The van der Waals surface area contributed by atoms with Crippen LogP contribution in [0.1, 0.15) is 30.6 Å². The molecule has 0 aromatic heterocycles. The van der Waals surface area contributed by atoms with Crippen LogP contribution in [-0.2, 0) is 4.74 Å². The van der Waals surface area contributed by atoms with Crippen molar-refractivity contribution in [2.24, 2.45) is 10.9 Å². The third-order valence-electron chi connectivity index (χ3n) is 3.24. The maximum atomic E-state index is 11.9. The van der Waals surface area contributed by atoms with Gasteiger partial charge < -0.3 is 20.7 Å². The zero-order chi connectivity index (χ0) is 18.5. The number of halogens is 2. The summed E-state index contributed by atoms with van der Waals surface area (Å²) in [6.07, 6.45) is 0.917. The minimum atomic E-state index is -0.122. The van der Waals surface area contributed by atoms with Crippen LogP contribution in [0.25, 0.3) is 0 Å². The van der Waals surface area contributed by atoms with Gasteiger partial charge in [-0.3, -0.25) is 9.79 Å². The first kappa shape index (κ1) is 24.9. The Morgan fingerprint density at radius 3 is 2.35 bits per heavy atom. The fraction of sp³-hybridized carbons (Fsp3) is 0.556. The molecule has 0 saturated heterocycles. The first-order chi connectivity index (χ1) is 12.0. The number of aliphatic imine (C=N–C) groups is 1. The molecule has 0 fully saturated rings. The molecule has 1 rings (SSSR count). The second-order valence-corrected chi connectivity index (χ2v) is 6.45. The van der Waals surface area contributed by atoms with Crippen molar-refractivity contribution in [1.29, 1.82) is 0 Å². The van der Waals surface area contributed by atoms with E-state index in [-0.39, 0.29) is 29.9 Å². The summed E-state index contributed by atoms with van der Waals surface area (Å²) in [5.41, 5.74) is 0.591. The molecule has 26 heavy (non-hydrogen) atoms. The number of carbonyl (C=O) groups excluding carboxylic acids is 1. The fourth-order valence-electron chi connectivity index (χ4n) is 1.98. The first-order valence-electron chi connectivity index (χ1n) is 8.59. The van der Waals surface area contributed by atoms with Crippen LogP contribution in [0.2, 0.25) is 5.02 Å². The molecule has 0 aliphatic rings. The van der Waals surface area contributed by atoms with E-state index in [9.17, 15) is 4.79 Å². The van der Waals surface area contributed by atoms with Gasteiger partial charge in [0.2, 0.25) is 0 Å². The number of ether oxygens (including phenoxy) is 1. The van der Waals surface area contributed by atoms with Gasteiger partial charge in [0.25, 0.3) is 5.91 Å². The minimum Gasteiger partial charge on any atom is -0.381 e. The highest BCUT2D eigenvalue weighted by Gasteiger charge is 2.04. The summed E-state index contributed by atoms with van der Waals surface area (Å²) in [6, 6.07) is 6.80. The second kappa shape index (κ2) is 15.0. The Morgan fingerprint density at radius 2 is 1.73 bits per heavy atom. The SMILES string of the molecule is CN=C(NCCCOCC(C)C)NCCNC(=O)c1ccc(Cl)cc1.I. The molecule has 8 heteroatoms. The highest BCUT2D eigenvalue weighted by molar-refractivity contribution is 14.0. The van der Waals surface area contributed by atoms with E-state index in [1.165, 1.54) is 0 Å². The Hall–Kier alpha value is -1.06. The molecular formula is C18H30ClIN4O2. The number of benzene rings is 1. The van der Waals surface area contributed by atoms with Crippen LogP contribution in [0.4, 0.5) is 0 Å². The lowest BCUT2D eigenvalue weighted by Crippen LogP contribution is -2.42. The average molecular weight is 497 g/mol. The number of carbonyl (C=O) groups is 1. The van der Waals surface area contributed by atoms with Gasteiger partial charge in [-0.15, -0.1) is 24.0 Å². The minimum absolute atomic E-state index is 0. The topological polar surface area (TPSA) is 74.8 Å².